The Labute approximate surface area is 119 Å². The second-order valence-corrected chi connectivity index (χ2v) is 7.03. The zero-order valence-electron chi connectivity index (χ0n) is 12.4. The zero-order chi connectivity index (χ0) is 14.5. The summed E-state index contributed by atoms with van der Waals surface area (Å²) in [4.78, 5) is 14.1. The summed E-state index contributed by atoms with van der Waals surface area (Å²) in [6, 6.07) is 6.08. The van der Waals surface area contributed by atoms with Gasteiger partial charge < -0.3 is 15.4 Å². The molecule has 0 unspecified atom stereocenters. The minimum atomic E-state index is -0.455. The summed E-state index contributed by atoms with van der Waals surface area (Å²) in [7, 11) is 0. The van der Waals surface area contributed by atoms with Crippen molar-refractivity contribution >= 4 is 11.8 Å². The Morgan fingerprint density at radius 1 is 1.35 bits per heavy atom. The van der Waals surface area contributed by atoms with Crippen molar-refractivity contribution in [2.75, 3.05) is 12.3 Å². The van der Waals surface area contributed by atoms with Gasteiger partial charge in [-0.1, -0.05) is 6.07 Å². The standard InChI is InChI=1S/C16H22N2O2/c1-15(2,3)20-14(19)18-9-11-8-12(17)4-5-13(11)16(10-18)6-7-16/h4-5,8H,6-7,9-10,17H2,1-3H3. The lowest BCUT2D eigenvalue weighted by Gasteiger charge is -2.36. The first-order valence-electron chi connectivity index (χ1n) is 7.16. The van der Waals surface area contributed by atoms with Gasteiger partial charge >= 0.3 is 6.09 Å². The highest BCUT2D eigenvalue weighted by molar-refractivity contribution is 5.70. The molecule has 2 N–H and O–H groups in total. The summed E-state index contributed by atoms with van der Waals surface area (Å²) in [5.74, 6) is 0. The summed E-state index contributed by atoms with van der Waals surface area (Å²) in [5.41, 5.74) is 8.86. The first-order valence-corrected chi connectivity index (χ1v) is 7.16. The number of carbonyl (C=O) groups is 1. The molecule has 1 saturated carbocycles. The molecule has 4 heteroatoms. The van der Waals surface area contributed by atoms with E-state index >= 15 is 0 Å². The van der Waals surface area contributed by atoms with Crippen LogP contribution in [0.25, 0.3) is 0 Å². The SMILES string of the molecule is CC(C)(C)OC(=O)N1Cc2cc(N)ccc2C2(CC2)C1. The number of amides is 1. The van der Waals surface area contributed by atoms with Gasteiger partial charge in [-0.3, -0.25) is 0 Å². The molecule has 1 aromatic carbocycles. The Hall–Kier alpha value is -1.71. The minimum Gasteiger partial charge on any atom is -0.444 e. The van der Waals surface area contributed by atoms with E-state index in [1.54, 1.807) is 0 Å². The van der Waals surface area contributed by atoms with Crippen molar-refractivity contribution in [2.24, 2.45) is 0 Å². The summed E-state index contributed by atoms with van der Waals surface area (Å²) in [6.45, 7) is 7.05. The van der Waals surface area contributed by atoms with Gasteiger partial charge in [-0.15, -0.1) is 0 Å². The van der Waals surface area contributed by atoms with Crippen molar-refractivity contribution in [1.82, 2.24) is 4.90 Å². The molecule has 1 spiro atoms. The van der Waals surface area contributed by atoms with Gasteiger partial charge in [-0.05, 0) is 56.9 Å². The molecule has 1 aliphatic heterocycles. The third kappa shape index (κ3) is 2.35. The van der Waals surface area contributed by atoms with E-state index in [1.807, 2.05) is 37.8 Å². The normalized spacial score (nSPS) is 19.6. The van der Waals surface area contributed by atoms with Crippen molar-refractivity contribution < 1.29 is 9.53 Å². The van der Waals surface area contributed by atoms with E-state index in [0.717, 1.165) is 25.1 Å². The second kappa shape index (κ2) is 4.14. The number of hydrogen-bond donors (Lipinski definition) is 1. The second-order valence-electron chi connectivity index (χ2n) is 7.03. The highest BCUT2D eigenvalue weighted by atomic mass is 16.6. The number of carbonyl (C=O) groups excluding carboxylic acids is 1. The van der Waals surface area contributed by atoms with E-state index in [-0.39, 0.29) is 11.5 Å². The molecular formula is C16H22N2O2. The highest BCUT2D eigenvalue weighted by Crippen LogP contribution is 2.52. The first-order chi connectivity index (χ1) is 9.29. The third-order valence-corrected chi connectivity index (χ3v) is 4.06. The van der Waals surface area contributed by atoms with Gasteiger partial charge in [0.2, 0.25) is 0 Å². The lowest BCUT2D eigenvalue weighted by Crippen LogP contribution is -2.44. The minimum absolute atomic E-state index is 0.151. The summed E-state index contributed by atoms with van der Waals surface area (Å²) in [6.07, 6.45) is 2.06. The topological polar surface area (TPSA) is 55.6 Å². The molecule has 1 amide bonds. The van der Waals surface area contributed by atoms with Crippen LogP contribution in [0.2, 0.25) is 0 Å². The number of nitrogens with zero attached hydrogens (tertiary/aromatic N) is 1. The maximum absolute atomic E-state index is 12.3. The molecule has 2 aliphatic rings. The van der Waals surface area contributed by atoms with Gasteiger partial charge in [0.05, 0.1) is 0 Å². The van der Waals surface area contributed by atoms with Gasteiger partial charge in [0.25, 0.3) is 0 Å². The van der Waals surface area contributed by atoms with Crippen molar-refractivity contribution in [3.63, 3.8) is 0 Å². The fourth-order valence-electron chi connectivity index (χ4n) is 3.01. The maximum Gasteiger partial charge on any atom is 0.410 e. The van der Waals surface area contributed by atoms with Gasteiger partial charge in [-0.25, -0.2) is 4.79 Å². The van der Waals surface area contributed by atoms with Gasteiger partial charge in [0, 0.05) is 24.2 Å². The smallest absolute Gasteiger partial charge is 0.410 e. The van der Waals surface area contributed by atoms with Crippen LogP contribution in [0, 0.1) is 0 Å². The molecule has 1 aliphatic carbocycles. The Morgan fingerprint density at radius 2 is 2.05 bits per heavy atom. The van der Waals surface area contributed by atoms with Crippen LogP contribution in [0.15, 0.2) is 18.2 Å². The monoisotopic (exact) mass is 274 g/mol. The summed E-state index contributed by atoms with van der Waals surface area (Å²) < 4.78 is 5.50. The lowest BCUT2D eigenvalue weighted by molar-refractivity contribution is 0.0197. The fourth-order valence-corrected chi connectivity index (χ4v) is 3.01. The molecule has 3 rings (SSSR count). The molecular weight excluding hydrogens is 252 g/mol. The van der Waals surface area contributed by atoms with Crippen molar-refractivity contribution in [1.29, 1.82) is 0 Å². The number of nitrogens with two attached hydrogens (primary N) is 1. The molecule has 1 aromatic rings. The van der Waals surface area contributed by atoms with E-state index in [1.165, 1.54) is 11.1 Å². The fraction of sp³-hybridized carbons (Fsp3) is 0.562. The summed E-state index contributed by atoms with van der Waals surface area (Å²) in [5, 5.41) is 0. The number of hydrogen-bond acceptors (Lipinski definition) is 3. The van der Waals surface area contributed by atoms with Crippen molar-refractivity contribution in [2.45, 2.75) is 51.2 Å². The zero-order valence-corrected chi connectivity index (χ0v) is 12.4. The van der Waals surface area contributed by atoms with Crippen molar-refractivity contribution in [3.05, 3.63) is 29.3 Å². The Morgan fingerprint density at radius 3 is 2.65 bits per heavy atom. The number of benzene rings is 1. The number of fused-ring (bicyclic) bond motifs is 2. The lowest BCUT2D eigenvalue weighted by atomic mass is 9.87. The van der Waals surface area contributed by atoms with Gasteiger partial charge in [-0.2, -0.15) is 0 Å². The molecule has 108 valence electrons. The van der Waals surface area contributed by atoms with Crippen LogP contribution < -0.4 is 5.73 Å². The van der Waals surface area contributed by atoms with Crippen LogP contribution in [0.1, 0.15) is 44.7 Å². The van der Waals surface area contributed by atoms with Crippen LogP contribution in [0.5, 0.6) is 0 Å². The largest absolute Gasteiger partial charge is 0.444 e. The predicted molar refractivity (Wildman–Crippen MR) is 78.4 cm³/mol. The number of nitrogen functional groups attached to an aromatic ring is 1. The van der Waals surface area contributed by atoms with Crippen LogP contribution in [-0.4, -0.2) is 23.1 Å². The van der Waals surface area contributed by atoms with E-state index in [4.69, 9.17) is 10.5 Å². The Bertz CT molecular complexity index is 556. The third-order valence-electron chi connectivity index (χ3n) is 4.06. The maximum atomic E-state index is 12.3. The first kappa shape index (κ1) is 13.3. The average Bonchev–Trinajstić information content (AvgIpc) is 3.06. The average molecular weight is 274 g/mol. The molecule has 1 fully saturated rings. The number of anilines is 1. The molecule has 4 nitrogen and oxygen atoms in total. The van der Waals surface area contributed by atoms with E-state index in [9.17, 15) is 4.79 Å². The van der Waals surface area contributed by atoms with E-state index < -0.39 is 5.60 Å². The van der Waals surface area contributed by atoms with E-state index in [0.29, 0.717) is 6.54 Å². The van der Waals surface area contributed by atoms with Crippen LogP contribution in [0.3, 0.4) is 0 Å². The molecule has 0 bridgehead atoms. The molecule has 0 saturated heterocycles. The molecule has 20 heavy (non-hydrogen) atoms. The highest BCUT2D eigenvalue weighted by Gasteiger charge is 2.50. The van der Waals surface area contributed by atoms with Crippen molar-refractivity contribution in [3.8, 4) is 0 Å². The van der Waals surface area contributed by atoms with E-state index in [2.05, 4.69) is 6.07 Å². The van der Waals surface area contributed by atoms with Crippen LogP contribution in [0.4, 0.5) is 10.5 Å². The summed E-state index contributed by atoms with van der Waals surface area (Å²) >= 11 is 0. The Balaban J connectivity index is 1.86. The van der Waals surface area contributed by atoms with Crippen LogP contribution in [-0.2, 0) is 16.7 Å². The van der Waals surface area contributed by atoms with Gasteiger partial charge in [0.15, 0.2) is 0 Å². The molecule has 1 heterocycles. The van der Waals surface area contributed by atoms with Gasteiger partial charge in [0.1, 0.15) is 5.60 Å². The predicted octanol–water partition coefficient (Wildman–Crippen LogP) is 3.05. The van der Waals surface area contributed by atoms with Crippen LogP contribution >= 0.6 is 0 Å². The quantitative estimate of drug-likeness (QED) is 0.740. The molecule has 0 aromatic heterocycles. The Kier molecular flexibility index (Phi) is 2.75. The number of rotatable bonds is 0. The molecule has 0 radical (unpaired) electrons. The molecule has 0 atom stereocenters. The number of ether oxygens (including phenoxy) is 1.